The highest BCUT2D eigenvalue weighted by atomic mass is 32.2. The first-order valence-corrected chi connectivity index (χ1v) is 8.00. The van der Waals surface area contributed by atoms with Crippen LogP contribution in [0.3, 0.4) is 0 Å². The molecule has 0 aliphatic rings. The maximum atomic E-state index is 11.8. The number of amides is 1. The Morgan fingerprint density at radius 3 is 2.56 bits per heavy atom. The molecule has 5 heteroatoms. The van der Waals surface area contributed by atoms with Gasteiger partial charge in [0.2, 0.25) is 5.91 Å². The van der Waals surface area contributed by atoms with Crippen molar-refractivity contribution in [2.75, 3.05) is 19.4 Å². The highest BCUT2D eigenvalue weighted by molar-refractivity contribution is 7.99. The van der Waals surface area contributed by atoms with Crippen LogP contribution in [0.1, 0.15) is 39.5 Å². The predicted molar refractivity (Wildman–Crippen MR) is 78.7 cm³/mol. The smallest absolute Gasteiger partial charge is 0.220 e. The van der Waals surface area contributed by atoms with Crippen LogP contribution in [0.4, 0.5) is 0 Å². The highest BCUT2D eigenvalue weighted by Crippen LogP contribution is 2.15. The third-order valence-electron chi connectivity index (χ3n) is 3.36. The molecule has 4 N–H and O–H groups in total. The summed E-state index contributed by atoms with van der Waals surface area (Å²) in [7, 11) is 0. The van der Waals surface area contributed by atoms with E-state index in [1.54, 1.807) is 11.8 Å². The molecule has 0 radical (unpaired) electrons. The third-order valence-corrected chi connectivity index (χ3v) is 4.52. The summed E-state index contributed by atoms with van der Waals surface area (Å²) in [6.07, 6.45) is 5.45. The van der Waals surface area contributed by atoms with Gasteiger partial charge in [0.25, 0.3) is 0 Å². The van der Waals surface area contributed by atoms with E-state index in [-0.39, 0.29) is 23.8 Å². The lowest BCUT2D eigenvalue weighted by Crippen LogP contribution is -2.41. The zero-order valence-corrected chi connectivity index (χ0v) is 12.6. The van der Waals surface area contributed by atoms with Crippen molar-refractivity contribution in [3.63, 3.8) is 0 Å². The van der Waals surface area contributed by atoms with Gasteiger partial charge in [0, 0.05) is 17.7 Å². The number of aliphatic hydroxyl groups excluding tert-OH is 1. The van der Waals surface area contributed by atoms with Crippen LogP contribution in [0, 0.1) is 5.92 Å². The number of aliphatic hydroxyl groups is 1. The lowest BCUT2D eigenvalue weighted by molar-refractivity contribution is -0.122. The molecule has 0 spiro atoms. The Morgan fingerprint density at radius 1 is 1.44 bits per heavy atom. The fourth-order valence-corrected chi connectivity index (χ4v) is 2.60. The minimum Gasteiger partial charge on any atom is -0.395 e. The van der Waals surface area contributed by atoms with Gasteiger partial charge in [0.1, 0.15) is 0 Å². The molecule has 0 fully saturated rings. The Balaban J connectivity index is 3.95. The van der Waals surface area contributed by atoms with Crippen molar-refractivity contribution in [1.82, 2.24) is 5.32 Å². The van der Waals surface area contributed by atoms with Crippen LogP contribution in [0.25, 0.3) is 0 Å². The fourth-order valence-electron chi connectivity index (χ4n) is 1.98. The molecule has 0 aromatic heterocycles. The first-order chi connectivity index (χ1) is 8.58. The molecule has 1 amide bonds. The summed E-state index contributed by atoms with van der Waals surface area (Å²) >= 11 is 1.58. The van der Waals surface area contributed by atoms with E-state index in [0.717, 1.165) is 19.3 Å². The second kappa shape index (κ2) is 10.6. The van der Waals surface area contributed by atoms with Gasteiger partial charge in [-0.25, -0.2) is 0 Å². The zero-order chi connectivity index (χ0) is 14.0. The number of carbonyl (C=O) groups excluding carboxylic acids is 1. The van der Waals surface area contributed by atoms with Crippen LogP contribution in [-0.4, -0.2) is 41.7 Å². The second-order valence-electron chi connectivity index (χ2n) is 4.70. The van der Waals surface area contributed by atoms with Crippen LogP contribution in [0.2, 0.25) is 0 Å². The van der Waals surface area contributed by atoms with Crippen LogP contribution in [-0.2, 0) is 4.79 Å². The van der Waals surface area contributed by atoms with Crippen LogP contribution in [0.5, 0.6) is 0 Å². The first-order valence-electron chi connectivity index (χ1n) is 6.72. The van der Waals surface area contributed by atoms with Crippen molar-refractivity contribution in [2.24, 2.45) is 11.7 Å². The topological polar surface area (TPSA) is 75.4 Å². The summed E-state index contributed by atoms with van der Waals surface area (Å²) < 4.78 is 0. The van der Waals surface area contributed by atoms with E-state index in [1.165, 1.54) is 0 Å². The number of hydrogen-bond acceptors (Lipinski definition) is 4. The predicted octanol–water partition coefficient (Wildman–Crippen LogP) is 1.37. The van der Waals surface area contributed by atoms with Crippen molar-refractivity contribution in [1.29, 1.82) is 0 Å². The van der Waals surface area contributed by atoms with Gasteiger partial charge in [0.05, 0.1) is 6.61 Å². The maximum Gasteiger partial charge on any atom is 0.220 e. The molecule has 0 aromatic carbocycles. The number of carbonyl (C=O) groups is 1. The van der Waals surface area contributed by atoms with Crippen LogP contribution < -0.4 is 11.1 Å². The fraction of sp³-hybridized carbons (Fsp3) is 0.923. The van der Waals surface area contributed by atoms with Crippen molar-refractivity contribution < 1.29 is 9.90 Å². The average molecular weight is 276 g/mol. The molecule has 0 saturated carbocycles. The van der Waals surface area contributed by atoms with Crippen molar-refractivity contribution in [2.45, 2.75) is 50.8 Å². The molecule has 0 aromatic rings. The minimum absolute atomic E-state index is 0.00656. The molecule has 0 aliphatic heterocycles. The number of thioether (sulfide) groups is 1. The third kappa shape index (κ3) is 7.24. The van der Waals surface area contributed by atoms with Crippen LogP contribution in [0.15, 0.2) is 0 Å². The second-order valence-corrected chi connectivity index (χ2v) is 5.78. The molecule has 3 atom stereocenters. The highest BCUT2D eigenvalue weighted by Gasteiger charge is 2.17. The van der Waals surface area contributed by atoms with E-state index in [0.29, 0.717) is 18.9 Å². The Labute approximate surface area is 115 Å². The molecule has 0 saturated heterocycles. The Bertz CT molecular complexity index is 223. The average Bonchev–Trinajstić information content (AvgIpc) is 2.35. The molecule has 3 unspecified atom stereocenters. The Hall–Kier alpha value is -0.260. The van der Waals surface area contributed by atoms with Gasteiger partial charge in [0.15, 0.2) is 0 Å². The number of rotatable bonds is 10. The molecule has 0 aliphatic carbocycles. The Morgan fingerprint density at radius 2 is 2.11 bits per heavy atom. The summed E-state index contributed by atoms with van der Waals surface area (Å²) in [6, 6.07) is 0.00656. The SMILES string of the molecule is CCC(CCN)CCC(=O)NC(C)C(CO)SC. The number of nitrogens with two attached hydrogens (primary N) is 1. The van der Waals surface area contributed by atoms with Gasteiger partial charge in [-0.3, -0.25) is 4.79 Å². The molecule has 0 heterocycles. The van der Waals surface area contributed by atoms with Gasteiger partial charge in [-0.2, -0.15) is 11.8 Å². The molecular weight excluding hydrogens is 248 g/mol. The van der Waals surface area contributed by atoms with Gasteiger partial charge in [-0.15, -0.1) is 0 Å². The van der Waals surface area contributed by atoms with Crippen LogP contribution >= 0.6 is 11.8 Å². The monoisotopic (exact) mass is 276 g/mol. The largest absolute Gasteiger partial charge is 0.395 e. The summed E-state index contributed by atoms with van der Waals surface area (Å²) in [5, 5.41) is 12.2. The summed E-state index contributed by atoms with van der Waals surface area (Å²) in [5.41, 5.74) is 5.54. The standard InChI is InChI=1S/C13H28N2O2S/c1-4-11(7-8-14)5-6-13(17)15-10(2)12(9-16)18-3/h10-12,16H,4-9,14H2,1-3H3,(H,15,17). The number of nitrogens with one attached hydrogen (secondary N) is 1. The van der Waals surface area contributed by atoms with Gasteiger partial charge in [-0.05, 0) is 38.5 Å². The van der Waals surface area contributed by atoms with Gasteiger partial charge < -0.3 is 16.2 Å². The molecule has 18 heavy (non-hydrogen) atoms. The lowest BCUT2D eigenvalue weighted by atomic mass is 9.96. The lowest BCUT2D eigenvalue weighted by Gasteiger charge is -2.22. The molecule has 108 valence electrons. The van der Waals surface area contributed by atoms with E-state index in [1.807, 2.05) is 13.2 Å². The molecule has 0 rings (SSSR count). The van der Waals surface area contributed by atoms with E-state index >= 15 is 0 Å². The van der Waals surface area contributed by atoms with Crippen molar-refractivity contribution in [3.05, 3.63) is 0 Å². The normalized spacial score (nSPS) is 16.1. The first kappa shape index (κ1) is 17.7. The summed E-state index contributed by atoms with van der Waals surface area (Å²) in [4.78, 5) is 11.8. The van der Waals surface area contributed by atoms with Crippen molar-refractivity contribution >= 4 is 17.7 Å². The molecule has 0 bridgehead atoms. The van der Waals surface area contributed by atoms with Crippen molar-refractivity contribution in [3.8, 4) is 0 Å². The zero-order valence-electron chi connectivity index (χ0n) is 11.8. The van der Waals surface area contributed by atoms with E-state index in [2.05, 4.69) is 12.2 Å². The van der Waals surface area contributed by atoms with Gasteiger partial charge >= 0.3 is 0 Å². The van der Waals surface area contributed by atoms with E-state index in [4.69, 9.17) is 10.8 Å². The molecule has 4 nitrogen and oxygen atoms in total. The summed E-state index contributed by atoms with van der Waals surface area (Å²) in [6.45, 7) is 4.85. The maximum absolute atomic E-state index is 11.8. The molecular formula is C13H28N2O2S. The van der Waals surface area contributed by atoms with Gasteiger partial charge in [-0.1, -0.05) is 13.3 Å². The van der Waals surface area contributed by atoms with E-state index < -0.39 is 0 Å². The minimum atomic E-state index is 0.00656. The quantitative estimate of drug-likeness (QED) is 0.563. The summed E-state index contributed by atoms with van der Waals surface area (Å²) in [5.74, 6) is 0.621. The number of hydrogen-bond donors (Lipinski definition) is 3. The Kier molecular flexibility index (Phi) is 10.5. The van der Waals surface area contributed by atoms with E-state index in [9.17, 15) is 4.79 Å².